The molecule has 0 saturated carbocycles. The molecule has 0 saturated heterocycles. The summed E-state index contributed by atoms with van der Waals surface area (Å²) in [5, 5.41) is 2.60. The van der Waals surface area contributed by atoms with Gasteiger partial charge in [0.2, 0.25) is 0 Å². The van der Waals surface area contributed by atoms with E-state index >= 15 is 0 Å². The van der Waals surface area contributed by atoms with Gasteiger partial charge in [-0.15, -0.1) is 0 Å². The van der Waals surface area contributed by atoms with Crippen LogP contribution >= 0.6 is 13.5 Å². The molecule has 2 amide bonds. The van der Waals surface area contributed by atoms with Crippen molar-refractivity contribution < 1.29 is 14.3 Å². The van der Waals surface area contributed by atoms with Crippen molar-refractivity contribution in [3.8, 4) is 5.75 Å². The molecule has 0 radical (unpaired) electrons. The zero-order valence-corrected chi connectivity index (χ0v) is 15.3. The summed E-state index contributed by atoms with van der Waals surface area (Å²) >= 11 is 0. The average molecular weight is 358 g/mol. The van der Waals surface area contributed by atoms with Crippen molar-refractivity contribution in [2.75, 3.05) is 13.7 Å². The van der Waals surface area contributed by atoms with Gasteiger partial charge in [-0.3, -0.25) is 9.59 Å². The van der Waals surface area contributed by atoms with Gasteiger partial charge in [-0.25, -0.2) is 0 Å². The average Bonchev–Trinajstić information content (AvgIpc) is 2.80. The largest absolute Gasteiger partial charge is 0.491 e. The lowest BCUT2D eigenvalue weighted by atomic mass is 10.1. The third-order valence-electron chi connectivity index (χ3n) is 4.19. The first-order valence-electron chi connectivity index (χ1n) is 7.94. The number of hydrogen-bond acceptors (Lipinski definition) is 3. The van der Waals surface area contributed by atoms with Gasteiger partial charge in [-0.2, -0.15) is 13.5 Å². The number of benzene rings is 2. The Morgan fingerprint density at radius 1 is 1.12 bits per heavy atom. The summed E-state index contributed by atoms with van der Waals surface area (Å²) in [5.41, 5.74) is 2.11. The zero-order chi connectivity index (χ0) is 17.1. The summed E-state index contributed by atoms with van der Waals surface area (Å²) in [6, 6.07) is 14.5. The molecule has 0 aliphatic carbocycles. The van der Waals surface area contributed by atoms with E-state index in [4.69, 9.17) is 4.74 Å². The number of fused-ring (bicyclic) bond motifs is 1. The van der Waals surface area contributed by atoms with Crippen LogP contribution in [0.4, 0.5) is 0 Å². The number of ether oxygens (including phenoxy) is 1. The monoisotopic (exact) mass is 358 g/mol. The summed E-state index contributed by atoms with van der Waals surface area (Å²) in [4.78, 5) is 26.4. The van der Waals surface area contributed by atoms with Crippen molar-refractivity contribution >= 4 is 25.3 Å². The van der Waals surface area contributed by atoms with Crippen molar-refractivity contribution in [2.24, 2.45) is 0 Å². The highest BCUT2D eigenvalue weighted by molar-refractivity contribution is 7.59. The fourth-order valence-electron chi connectivity index (χ4n) is 2.76. The maximum absolute atomic E-state index is 12.8. The van der Waals surface area contributed by atoms with E-state index in [0.717, 1.165) is 5.56 Å². The summed E-state index contributed by atoms with van der Waals surface area (Å²) in [5.74, 6) is 0.483. The van der Waals surface area contributed by atoms with Gasteiger partial charge in [-0.05, 0) is 31.2 Å². The van der Waals surface area contributed by atoms with E-state index < -0.39 is 0 Å². The molecule has 1 atom stereocenters. The Balaban J connectivity index is 0.00000225. The molecule has 25 heavy (non-hydrogen) atoms. The second-order valence-electron chi connectivity index (χ2n) is 5.86. The lowest BCUT2D eigenvalue weighted by Crippen LogP contribution is -2.39. The fraction of sp³-hybridized carbons (Fsp3) is 0.263. The standard InChI is InChI=1S/C19H20N2O3.H2S/c1-13-12-24-17-10-15(18(22)20-2)8-9-16(17)11-21(13)19(23)14-6-4-3-5-7-14;/h3-10,13H,11-12H2,1-2H3,(H,20,22);1H2/t13-;/m0./s1. The molecule has 0 aromatic heterocycles. The van der Waals surface area contributed by atoms with E-state index in [0.29, 0.717) is 30.0 Å². The Morgan fingerprint density at radius 3 is 2.52 bits per heavy atom. The fourth-order valence-corrected chi connectivity index (χ4v) is 2.76. The number of hydrogen-bond donors (Lipinski definition) is 1. The number of carbonyl (C=O) groups excluding carboxylic acids is 2. The van der Waals surface area contributed by atoms with Crippen LogP contribution in [-0.4, -0.2) is 36.4 Å². The topological polar surface area (TPSA) is 58.6 Å². The highest BCUT2D eigenvalue weighted by atomic mass is 32.1. The van der Waals surface area contributed by atoms with Gasteiger partial charge in [0.25, 0.3) is 11.8 Å². The molecule has 2 aromatic carbocycles. The quantitative estimate of drug-likeness (QED) is 0.898. The Morgan fingerprint density at radius 2 is 1.84 bits per heavy atom. The molecule has 1 N–H and O–H groups in total. The molecule has 1 heterocycles. The predicted molar refractivity (Wildman–Crippen MR) is 101 cm³/mol. The molecule has 3 rings (SSSR count). The Kier molecular flexibility index (Phi) is 6.09. The van der Waals surface area contributed by atoms with Crippen molar-refractivity contribution in [2.45, 2.75) is 19.5 Å². The lowest BCUT2D eigenvalue weighted by Gasteiger charge is -2.26. The second kappa shape index (κ2) is 8.07. The molecule has 5 nitrogen and oxygen atoms in total. The van der Waals surface area contributed by atoms with E-state index in [9.17, 15) is 9.59 Å². The van der Waals surface area contributed by atoms with Gasteiger partial charge in [0, 0.05) is 23.7 Å². The van der Waals surface area contributed by atoms with E-state index in [1.165, 1.54) is 0 Å². The molecule has 1 aliphatic rings. The Bertz CT molecular complexity index is 765. The maximum atomic E-state index is 12.8. The minimum atomic E-state index is -0.157. The van der Waals surface area contributed by atoms with Crippen LogP contribution in [-0.2, 0) is 6.54 Å². The van der Waals surface area contributed by atoms with Crippen molar-refractivity contribution in [3.05, 3.63) is 65.2 Å². The van der Waals surface area contributed by atoms with E-state index in [1.54, 1.807) is 24.1 Å². The third-order valence-corrected chi connectivity index (χ3v) is 4.19. The molecule has 132 valence electrons. The number of rotatable bonds is 2. The van der Waals surface area contributed by atoms with Gasteiger partial charge in [0.1, 0.15) is 12.4 Å². The van der Waals surface area contributed by atoms with E-state index in [2.05, 4.69) is 5.32 Å². The number of amides is 2. The molecule has 6 heteroatoms. The van der Waals surface area contributed by atoms with Crippen molar-refractivity contribution in [1.82, 2.24) is 10.2 Å². The van der Waals surface area contributed by atoms with Crippen LogP contribution in [0.1, 0.15) is 33.2 Å². The molecule has 0 spiro atoms. The normalized spacial score (nSPS) is 15.9. The minimum Gasteiger partial charge on any atom is -0.491 e. The third kappa shape index (κ3) is 3.96. The first kappa shape index (κ1) is 18.9. The maximum Gasteiger partial charge on any atom is 0.254 e. The number of nitrogens with zero attached hydrogens (tertiary/aromatic N) is 1. The van der Waals surface area contributed by atoms with Crippen LogP contribution in [0.15, 0.2) is 48.5 Å². The SMILES string of the molecule is CNC(=O)c1ccc2c(c1)OC[C@H](C)N(C(=O)c1ccccc1)C2.S. The molecule has 2 aromatic rings. The van der Waals surface area contributed by atoms with Gasteiger partial charge in [0.05, 0.1) is 12.6 Å². The summed E-state index contributed by atoms with van der Waals surface area (Å²) in [7, 11) is 1.59. The number of nitrogens with one attached hydrogen (secondary N) is 1. The Labute approximate surface area is 154 Å². The van der Waals surface area contributed by atoms with Gasteiger partial charge < -0.3 is 15.0 Å². The van der Waals surface area contributed by atoms with Crippen LogP contribution in [0.2, 0.25) is 0 Å². The second-order valence-corrected chi connectivity index (χ2v) is 5.86. The van der Waals surface area contributed by atoms with Crippen molar-refractivity contribution in [1.29, 1.82) is 0 Å². The van der Waals surface area contributed by atoms with Crippen LogP contribution in [0.3, 0.4) is 0 Å². The van der Waals surface area contributed by atoms with E-state index in [1.807, 2.05) is 43.3 Å². The molecule has 1 aliphatic heterocycles. The van der Waals surface area contributed by atoms with Gasteiger partial charge >= 0.3 is 0 Å². The zero-order valence-electron chi connectivity index (χ0n) is 14.3. The smallest absolute Gasteiger partial charge is 0.254 e. The molecular weight excluding hydrogens is 336 g/mol. The van der Waals surface area contributed by atoms with Crippen LogP contribution in [0.25, 0.3) is 0 Å². The predicted octanol–water partition coefficient (Wildman–Crippen LogP) is 2.58. The van der Waals surface area contributed by atoms with Crippen LogP contribution < -0.4 is 10.1 Å². The van der Waals surface area contributed by atoms with Crippen LogP contribution in [0.5, 0.6) is 5.75 Å². The first-order valence-corrected chi connectivity index (χ1v) is 7.94. The highest BCUT2D eigenvalue weighted by Crippen LogP contribution is 2.27. The lowest BCUT2D eigenvalue weighted by molar-refractivity contribution is 0.0645. The molecule has 0 bridgehead atoms. The number of carbonyl (C=O) groups is 2. The Hall–Kier alpha value is -2.47. The van der Waals surface area contributed by atoms with Gasteiger partial charge in [0.15, 0.2) is 0 Å². The van der Waals surface area contributed by atoms with Gasteiger partial charge in [-0.1, -0.05) is 24.3 Å². The van der Waals surface area contributed by atoms with E-state index in [-0.39, 0.29) is 31.4 Å². The first-order chi connectivity index (χ1) is 11.6. The summed E-state index contributed by atoms with van der Waals surface area (Å²) in [6.45, 7) is 2.81. The summed E-state index contributed by atoms with van der Waals surface area (Å²) in [6.07, 6.45) is 0. The highest BCUT2D eigenvalue weighted by Gasteiger charge is 2.26. The summed E-state index contributed by atoms with van der Waals surface area (Å²) < 4.78 is 5.84. The molecule has 0 fully saturated rings. The van der Waals surface area contributed by atoms with Crippen LogP contribution in [0, 0.1) is 0 Å². The molecular formula is C19H22N2O3S. The minimum absolute atomic E-state index is 0. The van der Waals surface area contributed by atoms with Crippen molar-refractivity contribution in [3.63, 3.8) is 0 Å². The molecule has 0 unspecified atom stereocenters.